The largest absolute Gasteiger partial charge is 0.379 e. The van der Waals surface area contributed by atoms with E-state index in [1.807, 2.05) is 11.8 Å². The Kier molecular flexibility index (Phi) is 4.92. The molecule has 1 aliphatic heterocycles. The zero-order chi connectivity index (χ0) is 15.5. The van der Waals surface area contributed by atoms with Crippen LogP contribution < -0.4 is 0 Å². The number of para-hydroxylation sites is 1. The molecule has 21 heavy (non-hydrogen) atoms. The quantitative estimate of drug-likeness (QED) is 0.597. The zero-order valence-electron chi connectivity index (χ0n) is 11.8. The van der Waals surface area contributed by atoms with Crippen LogP contribution in [-0.2, 0) is 14.6 Å². The van der Waals surface area contributed by atoms with Crippen molar-refractivity contribution in [3.8, 4) is 0 Å². The van der Waals surface area contributed by atoms with Gasteiger partial charge in [-0.05, 0) is 13.0 Å². The summed E-state index contributed by atoms with van der Waals surface area (Å²) >= 11 is 0. The molecule has 0 N–H and O–H groups in total. The molecule has 0 amide bonds. The highest BCUT2D eigenvalue weighted by Crippen LogP contribution is 2.25. The number of nitro groups is 1. The summed E-state index contributed by atoms with van der Waals surface area (Å²) in [5.74, 6) is -0.141. The smallest absolute Gasteiger partial charge is 0.287 e. The SMILES string of the molecule is C[C@@H](CS(=O)(=O)c1ccccc1[N+](=O)[O-])N1CCOCC1. The summed E-state index contributed by atoms with van der Waals surface area (Å²) in [7, 11) is -3.71. The molecule has 7 nitrogen and oxygen atoms in total. The van der Waals surface area contributed by atoms with E-state index in [1.165, 1.54) is 24.3 Å². The van der Waals surface area contributed by atoms with Crippen LogP contribution in [0.2, 0.25) is 0 Å². The summed E-state index contributed by atoms with van der Waals surface area (Å²) in [6.07, 6.45) is 0. The first kappa shape index (κ1) is 15.9. The number of rotatable bonds is 5. The van der Waals surface area contributed by atoms with Gasteiger partial charge in [-0.2, -0.15) is 0 Å². The maximum absolute atomic E-state index is 12.4. The molecular formula is C13H18N2O5S. The molecule has 1 aromatic carbocycles. The van der Waals surface area contributed by atoms with Gasteiger partial charge in [-0.15, -0.1) is 0 Å². The van der Waals surface area contributed by atoms with E-state index >= 15 is 0 Å². The molecule has 1 fully saturated rings. The van der Waals surface area contributed by atoms with Gasteiger partial charge in [0.2, 0.25) is 0 Å². The van der Waals surface area contributed by atoms with Crippen LogP contribution in [0.5, 0.6) is 0 Å². The summed E-state index contributed by atoms with van der Waals surface area (Å²) in [4.78, 5) is 12.1. The van der Waals surface area contributed by atoms with Gasteiger partial charge in [0.15, 0.2) is 9.84 Å². The second kappa shape index (κ2) is 6.50. The molecule has 0 spiro atoms. The number of hydrogen-bond acceptors (Lipinski definition) is 6. The van der Waals surface area contributed by atoms with Gasteiger partial charge in [0.1, 0.15) is 4.90 Å². The van der Waals surface area contributed by atoms with Crippen molar-refractivity contribution in [1.29, 1.82) is 0 Å². The van der Waals surface area contributed by atoms with Gasteiger partial charge >= 0.3 is 0 Å². The van der Waals surface area contributed by atoms with Gasteiger partial charge in [0, 0.05) is 25.2 Å². The molecule has 8 heteroatoms. The summed E-state index contributed by atoms with van der Waals surface area (Å²) in [6, 6.07) is 5.26. The summed E-state index contributed by atoms with van der Waals surface area (Å²) in [5.41, 5.74) is -0.369. The number of nitro benzene ring substituents is 1. The Morgan fingerprint density at radius 2 is 1.95 bits per heavy atom. The molecule has 0 saturated carbocycles. The van der Waals surface area contributed by atoms with Gasteiger partial charge in [0.05, 0.1) is 23.9 Å². The summed E-state index contributed by atoms with van der Waals surface area (Å²) in [6.45, 7) is 4.32. The highest BCUT2D eigenvalue weighted by molar-refractivity contribution is 7.91. The number of morpholine rings is 1. The molecule has 0 aromatic heterocycles. The summed E-state index contributed by atoms with van der Waals surface area (Å²) < 4.78 is 30.1. The van der Waals surface area contributed by atoms with E-state index in [2.05, 4.69) is 0 Å². The molecule has 116 valence electrons. The average molecular weight is 314 g/mol. The normalized spacial score (nSPS) is 18.3. The fraction of sp³-hybridized carbons (Fsp3) is 0.538. The van der Waals surface area contributed by atoms with Crippen molar-refractivity contribution >= 4 is 15.5 Å². The Morgan fingerprint density at radius 1 is 1.33 bits per heavy atom. The standard InChI is InChI=1S/C13H18N2O5S/c1-11(14-6-8-20-9-7-14)10-21(18,19)13-5-3-2-4-12(13)15(16)17/h2-5,11H,6-10H2,1H3/t11-/m0/s1. The lowest BCUT2D eigenvalue weighted by molar-refractivity contribution is -0.387. The minimum atomic E-state index is -3.71. The van der Waals surface area contributed by atoms with E-state index in [0.29, 0.717) is 26.3 Å². The lowest BCUT2D eigenvalue weighted by Gasteiger charge is -2.32. The second-order valence-electron chi connectivity index (χ2n) is 5.00. The van der Waals surface area contributed by atoms with Crippen molar-refractivity contribution < 1.29 is 18.1 Å². The number of benzene rings is 1. The summed E-state index contributed by atoms with van der Waals surface area (Å²) in [5, 5.41) is 11.0. The van der Waals surface area contributed by atoms with Crippen LogP contribution in [0.3, 0.4) is 0 Å². The van der Waals surface area contributed by atoms with E-state index in [0.717, 1.165) is 0 Å². The predicted molar refractivity (Wildman–Crippen MR) is 77.0 cm³/mol. The average Bonchev–Trinajstić information content (AvgIpc) is 2.47. The van der Waals surface area contributed by atoms with Crippen LogP contribution in [0, 0.1) is 10.1 Å². The minimum absolute atomic E-state index is 0.141. The first-order valence-corrected chi connectivity index (χ1v) is 8.35. The first-order valence-electron chi connectivity index (χ1n) is 6.70. The maximum Gasteiger partial charge on any atom is 0.287 e. The number of sulfone groups is 1. The maximum atomic E-state index is 12.4. The highest BCUT2D eigenvalue weighted by atomic mass is 32.2. The predicted octanol–water partition coefficient (Wildman–Crippen LogP) is 1.09. The van der Waals surface area contributed by atoms with Crippen LogP contribution >= 0.6 is 0 Å². The van der Waals surface area contributed by atoms with Gasteiger partial charge in [0.25, 0.3) is 5.69 Å². The van der Waals surface area contributed by atoms with Crippen LogP contribution in [0.25, 0.3) is 0 Å². The molecule has 1 heterocycles. The monoisotopic (exact) mass is 314 g/mol. The van der Waals surface area contributed by atoms with Crippen LogP contribution in [0.15, 0.2) is 29.2 Å². The Labute approximate surface area is 123 Å². The van der Waals surface area contributed by atoms with E-state index in [9.17, 15) is 18.5 Å². The van der Waals surface area contributed by atoms with Crippen LogP contribution in [0.1, 0.15) is 6.92 Å². The van der Waals surface area contributed by atoms with E-state index in [1.54, 1.807) is 0 Å². The zero-order valence-corrected chi connectivity index (χ0v) is 12.6. The molecule has 2 rings (SSSR count). The van der Waals surface area contributed by atoms with Gasteiger partial charge in [-0.25, -0.2) is 8.42 Å². The Balaban J connectivity index is 2.20. The third kappa shape index (κ3) is 3.78. The first-order chi connectivity index (χ1) is 9.92. The van der Waals surface area contributed by atoms with E-state index in [4.69, 9.17) is 4.74 Å². The van der Waals surface area contributed by atoms with Gasteiger partial charge in [-0.3, -0.25) is 15.0 Å². The third-order valence-corrected chi connectivity index (χ3v) is 5.46. The fourth-order valence-electron chi connectivity index (χ4n) is 2.40. The lowest BCUT2D eigenvalue weighted by Crippen LogP contribution is -2.45. The molecular weight excluding hydrogens is 296 g/mol. The van der Waals surface area contributed by atoms with Crippen molar-refractivity contribution in [3.63, 3.8) is 0 Å². The fourth-order valence-corrected chi connectivity index (χ4v) is 4.17. The minimum Gasteiger partial charge on any atom is -0.379 e. The number of nitrogens with zero attached hydrogens (tertiary/aromatic N) is 2. The van der Waals surface area contributed by atoms with Crippen molar-refractivity contribution in [2.24, 2.45) is 0 Å². The molecule has 1 saturated heterocycles. The number of hydrogen-bond donors (Lipinski definition) is 0. The van der Waals surface area contributed by atoms with Gasteiger partial charge < -0.3 is 4.74 Å². The molecule has 1 atom stereocenters. The Hall–Kier alpha value is -1.51. The molecule has 1 aliphatic rings. The van der Waals surface area contributed by atoms with Crippen molar-refractivity contribution in [3.05, 3.63) is 34.4 Å². The van der Waals surface area contributed by atoms with Crippen LogP contribution in [0.4, 0.5) is 5.69 Å². The molecule has 0 radical (unpaired) electrons. The van der Waals surface area contributed by atoms with E-state index < -0.39 is 14.8 Å². The number of ether oxygens (including phenoxy) is 1. The molecule has 1 aromatic rings. The highest BCUT2D eigenvalue weighted by Gasteiger charge is 2.29. The third-order valence-electron chi connectivity index (χ3n) is 3.53. The van der Waals surface area contributed by atoms with Crippen LogP contribution in [-0.4, -0.2) is 56.3 Å². The van der Waals surface area contributed by atoms with Crippen molar-refractivity contribution in [2.45, 2.75) is 17.9 Å². The Morgan fingerprint density at radius 3 is 2.57 bits per heavy atom. The molecule has 0 unspecified atom stereocenters. The lowest BCUT2D eigenvalue weighted by atomic mass is 10.3. The second-order valence-corrected chi connectivity index (χ2v) is 7.01. The topological polar surface area (TPSA) is 89.8 Å². The van der Waals surface area contributed by atoms with E-state index in [-0.39, 0.29) is 22.4 Å². The van der Waals surface area contributed by atoms with Crippen molar-refractivity contribution in [1.82, 2.24) is 4.90 Å². The Bertz CT molecular complexity index is 611. The van der Waals surface area contributed by atoms with Gasteiger partial charge in [-0.1, -0.05) is 12.1 Å². The van der Waals surface area contributed by atoms with Crippen molar-refractivity contribution in [2.75, 3.05) is 32.1 Å². The molecule has 0 bridgehead atoms. The molecule has 0 aliphatic carbocycles.